The van der Waals surface area contributed by atoms with E-state index in [2.05, 4.69) is 31.3 Å². The molecule has 0 aliphatic carbocycles. The molecule has 3 rings (SSSR count). The first kappa shape index (κ1) is 19.8. The monoisotopic (exact) mass is 378 g/mol. The van der Waals surface area contributed by atoms with Crippen molar-refractivity contribution in [3.05, 3.63) is 70.8 Å². The minimum absolute atomic E-state index is 0.119. The molecule has 1 fully saturated rings. The average Bonchev–Trinajstić information content (AvgIpc) is 3.00. The Morgan fingerprint density at radius 1 is 1.00 bits per heavy atom. The number of amides is 3. The van der Waals surface area contributed by atoms with Gasteiger partial charge in [-0.05, 0) is 42.5 Å². The van der Waals surface area contributed by atoms with E-state index in [1.54, 1.807) is 0 Å². The Balaban J connectivity index is 1.70. The molecule has 5 nitrogen and oxygen atoms in total. The van der Waals surface area contributed by atoms with Gasteiger partial charge in [-0.15, -0.1) is 0 Å². The molecule has 2 aromatic carbocycles. The highest BCUT2D eigenvalue weighted by Crippen LogP contribution is 2.22. The van der Waals surface area contributed by atoms with Crippen LogP contribution < -0.4 is 5.32 Å². The Morgan fingerprint density at radius 3 is 2.32 bits per heavy atom. The number of rotatable bonds is 7. The number of benzene rings is 2. The van der Waals surface area contributed by atoms with E-state index in [9.17, 15) is 14.4 Å². The lowest BCUT2D eigenvalue weighted by Crippen LogP contribution is -2.36. The average molecular weight is 378 g/mol. The quantitative estimate of drug-likeness (QED) is 0.752. The molecule has 0 aromatic heterocycles. The highest BCUT2D eigenvalue weighted by molar-refractivity contribution is 6.02. The molecule has 3 amide bonds. The molecule has 0 saturated carbocycles. The van der Waals surface area contributed by atoms with Gasteiger partial charge in [-0.3, -0.25) is 19.3 Å². The number of nitrogens with zero attached hydrogens (tertiary/aromatic N) is 1. The fourth-order valence-corrected chi connectivity index (χ4v) is 3.44. The van der Waals surface area contributed by atoms with Gasteiger partial charge in [0.2, 0.25) is 17.7 Å². The highest BCUT2D eigenvalue weighted by Gasteiger charge is 2.29. The fourth-order valence-electron chi connectivity index (χ4n) is 3.44. The van der Waals surface area contributed by atoms with Crippen molar-refractivity contribution in [1.82, 2.24) is 10.2 Å². The topological polar surface area (TPSA) is 66.5 Å². The highest BCUT2D eigenvalue weighted by atomic mass is 16.2. The number of carbonyl (C=O) groups is 3. The van der Waals surface area contributed by atoms with E-state index in [0.29, 0.717) is 6.42 Å². The molecule has 28 heavy (non-hydrogen) atoms. The van der Waals surface area contributed by atoms with Crippen LogP contribution in [0.3, 0.4) is 0 Å². The van der Waals surface area contributed by atoms with E-state index < -0.39 is 0 Å². The molecule has 1 atom stereocenters. The van der Waals surface area contributed by atoms with Gasteiger partial charge in [0.15, 0.2) is 0 Å². The molecule has 0 radical (unpaired) electrons. The van der Waals surface area contributed by atoms with Gasteiger partial charge in [-0.1, -0.05) is 48.5 Å². The number of nitrogens with one attached hydrogen (secondary N) is 1. The Morgan fingerprint density at radius 2 is 1.68 bits per heavy atom. The van der Waals surface area contributed by atoms with E-state index in [1.165, 1.54) is 16.0 Å². The summed E-state index contributed by atoms with van der Waals surface area (Å²) in [6.07, 6.45) is 1.30. The maximum Gasteiger partial charge on any atom is 0.229 e. The van der Waals surface area contributed by atoms with Crippen molar-refractivity contribution in [3.8, 4) is 0 Å². The van der Waals surface area contributed by atoms with Crippen LogP contribution in [0.15, 0.2) is 48.5 Å². The van der Waals surface area contributed by atoms with Crippen molar-refractivity contribution < 1.29 is 14.4 Å². The van der Waals surface area contributed by atoms with Gasteiger partial charge in [0.1, 0.15) is 0 Å². The summed E-state index contributed by atoms with van der Waals surface area (Å²) in [6.45, 7) is 4.27. The van der Waals surface area contributed by atoms with Crippen molar-refractivity contribution in [2.75, 3.05) is 6.54 Å². The van der Waals surface area contributed by atoms with Crippen molar-refractivity contribution in [2.45, 2.75) is 45.6 Å². The summed E-state index contributed by atoms with van der Waals surface area (Å²) >= 11 is 0. The van der Waals surface area contributed by atoms with Crippen LogP contribution in [0.2, 0.25) is 0 Å². The normalized spacial score (nSPS) is 15.0. The summed E-state index contributed by atoms with van der Waals surface area (Å²) < 4.78 is 0. The van der Waals surface area contributed by atoms with Crippen LogP contribution in [-0.2, 0) is 20.8 Å². The van der Waals surface area contributed by atoms with Crippen molar-refractivity contribution in [2.24, 2.45) is 0 Å². The van der Waals surface area contributed by atoms with Crippen molar-refractivity contribution >= 4 is 17.7 Å². The van der Waals surface area contributed by atoms with E-state index in [4.69, 9.17) is 0 Å². The van der Waals surface area contributed by atoms with E-state index in [-0.39, 0.29) is 49.6 Å². The van der Waals surface area contributed by atoms with Crippen LogP contribution in [0.5, 0.6) is 0 Å². The number of likely N-dealkylation sites (tertiary alicyclic amines) is 1. The van der Waals surface area contributed by atoms with Gasteiger partial charge in [0.25, 0.3) is 0 Å². The van der Waals surface area contributed by atoms with Crippen LogP contribution >= 0.6 is 0 Å². The maximum absolute atomic E-state index is 12.6. The zero-order valence-electron chi connectivity index (χ0n) is 16.4. The minimum atomic E-state index is -0.187. The first-order valence-electron chi connectivity index (χ1n) is 9.67. The van der Waals surface area contributed by atoms with Crippen molar-refractivity contribution in [1.29, 1.82) is 0 Å². The van der Waals surface area contributed by atoms with E-state index in [1.807, 2.05) is 36.4 Å². The maximum atomic E-state index is 12.6. The lowest BCUT2D eigenvalue weighted by molar-refractivity contribution is -0.138. The molecule has 1 aliphatic rings. The molecular formula is C23H26N2O3. The summed E-state index contributed by atoms with van der Waals surface area (Å²) in [4.78, 5) is 37.2. The van der Waals surface area contributed by atoms with Gasteiger partial charge in [0.05, 0.1) is 6.04 Å². The molecular weight excluding hydrogens is 352 g/mol. The Bertz CT molecular complexity index is 861. The third kappa shape index (κ3) is 4.85. The summed E-state index contributed by atoms with van der Waals surface area (Å²) in [7, 11) is 0. The second-order valence-corrected chi connectivity index (χ2v) is 7.34. The third-order valence-electron chi connectivity index (χ3n) is 5.27. The Kier molecular flexibility index (Phi) is 6.24. The van der Waals surface area contributed by atoms with Gasteiger partial charge in [0, 0.05) is 25.8 Å². The summed E-state index contributed by atoms with van der Waals surface area (Å²) in [5.41, 5.74) is 4.57. The molecule has 1 aliphatic heterocycles. The minimum Gasteiger partial charge on any atom is -0.349 e. The van der Waals surface area contributed by atoms with Crippen LogP contribution in [0.1, 0.15) is 47.6 Å². The SMILES string of the molecule is Cc1ccc(C(Cc2ccccc2)NC(=O)CCN2C(=O)CCC2=O)cc1C. The Labute approximate surface area is 165 Å². The Hall–Kier alpha value is -2.95. The zero-order valence-corrected chi connectivity index (χ0v) is 16.4. The molecule has 2 aromatic rings. The summed E-state index contributed by atoms with van der Waals surface area (Å²) in [6, 6.07) is 16.1. The molecule has 1 heterocycles. The largest absolute Gasteiger partial charge is 0.349 e. The van der Waals surface area contributed by atoms with Gasteiger partial charge < -0.3 is 5.32 Å². The van der Waals surface area contributed by atoms with Gasteiger partial charge in [-0.25, -0.2) is 0 Å². The number of hydrogen-bond donors (Lipinski definition) is 1. The fraction of sp³-hybridized carbons (Fsp3) is 0.348. The predicted molar refractivity (Wildman–Crippen MR) is 108 cm³/mol. The van der Waals surface area contributed by atoms with E-state index in [0.717, 1.165) is 11.1 Å². The lowest BCUT2D eigenvalue weighted by atomic mass is 9.95. The zero-order chi connectivity index (χ0) is 20.1. The lowest BCUT2D eigenvalue weighted by Gasteiger charge is -2.21. The van der Waals surface area contributed by atoms with Crippen LogP contribution in [0.25, 0.3) is 0 Å². The molecule has 146 valence electrons. The molecule has 0 bridgehead atoms. The first-order valence-corrected chi connectivity index (χ1v) is 9.67. The number of hydrogen-bond acceptors (Lipinski definition) is 3. The summed E-state index contributed by atoms with van der Waals surface area (Å²) in [5.74, 6) is -0.535. The molecule has 1 unspecified atom stereocenters. The standard InChI is InChI=1S/C23H26N2O3/c1-16-8-9-19(14-17(16)2)20(15-18-6-4-3-5-7-18)24-21(26)12-13-25-22(27)10-11-23(25)28/h3-9,14,20H,10-13,15H2,1-2H3,(H,24,26). The number of aryl methyl sites for hydroxylation is 2. The summed E-state index contributed by atoms with van der Waals surface area (Å²) in [5, 5.41) is 3.09. The molecule has 1 N–H and O–H groups in total. The molecule has 0 spiro atoms. The molecule has 5 heteroatoms. The third-order valence-corrected chi connectivity index (χ3v) is 5.27. The number of imide groups is 1. The first-order chi connectivity index (χ1) is 13.4. The predicted octanol–water partition coefficient (Wildman–Crippen LogP) is 3.24. The van der Waals surface area contributed by atoms with Gasteiger partial charge in [-0.2, -0.15) is 0 Å². The second-order valence-electron chi connectivity index (χ2n) is 7.34. The van der Waals surface area contributed by atoms with Crippen LogP contribution in [-0.4, -0.2) is 29.2 Å². The second kappa shape index (κ2) is 8.83. The number of carbonyl (C=O) groups excluding carboxylic acids is 3. The van der Waals surface area contributed by atoms with Gasteiger partial charge >= 0.3 is 0 Å². The van der Waals surface area contributed by atoms with Crippen LogP contribution in [0, 0.1) is 13.8 Å². The smallest absolute Gasteiger partial charge is 0.229 e. The van der Waals surface area contributed by atoms with E-state index >= 15 is 0 Å². The van der Waals surface area contributed by atoms with Crippen LogP contribution in [0.4, 0.5) is 0 Å². The van der Waals surface area contributed by atoms with Crippen molar-refractivity contribution in [3.63, 3.8) is 0 Å². The molecule has 1 saturated heterocycles.